The summed E-state index contributed by atoms with van der Waals surface area (Å²) in [5, 5.41) is 3.59. The Labute approximate surface area is 128 Å². The fourth-order valence-electron chi connectivity index (χ4n) is 4.29. The predicted octanol–water partition coefficient (Wildman–Crippen LogP) is 3.13. The maximum absolute atomic E-state index is 5.29. The van der Waals surface area contributed by atoms with Gasteiger partial charge in [-0.15, -0.1) is 0 Å². The lowest BCUT2D eigenvalue weighted by Gasteiger charge is -2.61. The van der Waals surface area contributed by atoms with E-state index in [1.165, 1.54) is 37.7 Å². The first-order valence-corrected chi connectivity index (χ1v) is 8.06. The van der Waals surface area contributed by atoms with Crippen LogP contribution in [0.4, 0.5) is 0 Å². The van der Waals surface area contributed by atoms with Crippen LogP contribution in [0.3, 0.4) is 0 Å². The van der Waals surface area contributed by atoms with Crippen LogP contribution in [-0.4, -0.2) is 33.9 Å². The molecule has 2 aliphatic carbocycles. The van der Waals surface area contributed by atoms with E-state index in [9.17, 15) is 0 Å². The monoisotopic (exact) mass is 289 g/mol. The number of methoxy groups -OCH3 is 2. The van der Waals surface area contributed by atoms with Gasteiger partial charge in [-0.1, -0.05) is 18.6 Å². The number of hydrogen-bond acceptors (Lipinski definition) is 3. The van der Waals surface area contributed by atoms with E-state index in [-0.39, 0.29) is 0 Å². The minimum atomic E-state index is 0.320. The van der Waals surface area contributed by atoms with Crippen molar-refractivity contribution in [1.29, 1.82) is 0 Å². The maximum Gasteiger partial charge on any atom is 0.118 e. The van der Waals surface area contributed by atoms with Crippen LogP contribution in [-0.2, 0) is 10.2 Å². The van der Waals surface area contributed by atoms with Gasteiger partial charge in [0.05, 0.1) is 13.7 Å². The van der Waals surface area contributed by atoms with Crippen LogP contribution in [0.1, 0.15) is 37.7 Å². The van der Waals surface area contributed by atoms with Gasteiger partial charge in [-0.05, 0) is 48.8 Å². The molecule has 2 fully saturated rings. The van der Waals surface area contributed by atoms with E-state index in [0.717, 1.165) is 25.4 Å². The summed E-state index contributed by atoms with van der Waals surface area (Å²) < 4.78 is 10.4. The van der Waals surface area contributed by atoms with Crippen molar-refractivity contribution in [3.05, 3.63) is 29.8 Å². The van der Waals surface area contributed by atoms with Crippen LogP contribution in [0.25, 0.3) is 0 Å². The van der Waals surface area contributed by atoms with Crippen LogP contribution < -0.4 is 10.1 Å². The summed E-state index contributed by atoms with van der Waals surface area (Å²) in [6.07, 6.45) is 6.97. The minimum absolute atomic E-state index is 0.320. The second kappa shape index (κ2) is 5.98. The van der Waals surface area contributed by atoms with E-state index in [0.29, 0.717) is 10.8 Å². The zero-order chi connectivity index (χ0) is 14.8. The van der Waals surface area contributed by atoms with E-state index in [2.05, 4.69) is 29.6 Å². The Morgan fingerprint density at radius 3 is 2.33 bits per heavy atom. The van der Waals surface area contributed by atoms with Gasteiger partial charge in [0.2, 0.25) is 0 Å². The zero-order valence-electron chi connectivity index (χ0n) is 13.3. The fraction of sp³-hybridized carbons (Fsp3) is 0.667. The molecule has 3 heteroatoms. The Kier molecular flexibility index (Phi) is 4.23. The molecule has 1 aromatic rings. The minimum Gasteiger partial charge on any atom is -0.497 e. The molecule has 116 valence electrons. The summed E-state index contributed by atoms with van der Waals surface area (Å²) in [6, 6.07) is 8.70. The van der Waals surface area contributed by atoms with E-state index < -0.39 is 0 Å². The van der Waals surface area contributed by atoms with Gasteiger partial charge in [-0.25, -0.2) is 0 Å². The van der Waals surface area contributed by atoms with Crippen LogP contribution in [0, 0.1) is 5.41 Å². The molecular formula is C18H27NO2. The third kappa shape index (κ3) is 2.82. The molecule has 0 aromatic heterocycles. The Balaban J connectivity index is 1.69. The lowest BCUT2D eigenvalue weighted by Crippen LogP contribution is -2.57. The summed E-state index contributed by atoms with van der Waals surface area (Å²) in [6.45, 7) is 2.77. The van der Waals surface area contributed by atoms with Crippen molar-refractivity contribution in [3.63, 3.8) is 0 Å². The van der Waals surface area contributed by atoms with Gasteiger partial charge in [0.15, 0.2) is 0 Å². The molecule has 21 heavy (non-hydrogen) atoms. The molecule has 0 heterocycles. The third-order valence-corrected chi connectivity index (χ3v) is 5.49. The highest BCUT2D eigenvalue weighted by Crippen LogP contribution is 2.64. The molecule has 0 bridgehead atoms. The highest BCUT2D eigenvalue weighted by molar-refractivity contribution is 5.36. The van der Waals surface area contributed by atoms with Crippen LogP contribution in [0.5, 0.6) is 5.75 Å². The van der Waals surface area contributed by atoms with Gasteiger partial charge in [0.25, 0.3) is 0 Å². The summed E-state index contributed by atoms with van der Waals surface area (Å²) in [5.74, 6) is 0.943. The van der Waals surface area contributed by atoms with Crippen LogP contribution in [0.15, 0.2) is 24.3 Å². The summed E-state index contributed by atoms with van der Waals surface area (Å²) in [7, 11) is 3.48. The number of benzene rings is 1. The number of nitrogens with one attached hydrogen (secondary N) is 1. The smallest absolute Gasteiger partial charge is 0.118 e. The van der Waals surface area contributed by atoms with E-state index >= 15 is 0 Å². The maximum atomic E-state index is 5.29. The summed E-state index contributed by atoms with van der Waals surface area (Å²) in [4.78, 5) is 0. The Morgan fingerprint density at radius 2 is 1.81 bits per heavy atom. The van der Waals surface area contributed by atoms with Gasteiger partial charge in [0.1, 0.15) is 5.75 Å². The molecule has 1 spiro atoms. The van der Waals surface area contributed by atoms with Crippen molar-refractivity contribution < 1.29 is 9.47 Å². The Bertz CT molecular complexity index is 457. The normalized spacial score (nSPS) is 21.6. The molecule has 0 aliphatic heterocycles. The molecular weight excluding hydrogens is 262 g/mol. The van der Waals surface area contributed by atoms with Gasteiger partial charge < -0.3 is 14.8 Å². The molecule has 0 radical (unpaired) electrons. The first-order chi connectivity index (χ1) is 10.2. The van der Waals surface area contributed by atoms with Crippen molar-refractivity contribution in [2.75, 3.05) is 33.9 Å². The molecule has 2 aliphatic rings. The van der Waals surface area contributed by atoms with Gasteiger partial charge in [-0.3, -0.25) is 0 Å². The first kappa shape index (κ1) is 14.9. The highest BCUT2D eigenvalue weighted by Gasteiger charge is 2.57. The molecule has 0 saturated heterocycles. The first-order valence-electron chi connectivity index (χ1n) is 8.06. The average molecular weight is 289 g/mol. The number of ether oxygens (including phenoxy) is 2. The van der Waals surface area contributed by atoms with Crippen molar-refractivity contribution >= 4 is 0 Å². The molecule has 2 saturated carbocycles. The molecule has 3 rings (SSSR count). The molecule has 1 N–H and O–H groups in total. The second-order valence-electron chi connectivity index (χ2n) is 6.89. The summed E-state index contributed by atoms with van der Waals surface area (Å²) in [5.41, 5.74) is 2.45. The van der Waals surface area contributed by atoms with E-state index in [4.69, 9.17) is 9.47 Å². The third-order valence-electron chi connectivity index (χ3n) is 5.49. The standard InChI is InChI=1S/C18H27NO2/c1-20-11-10-19-14-18(12-17(13-18)8-3-9-17)15-4-6-16(21-2)7-5-15/h4-7,19H,3,8-14H2,1-2H3. The van der Waals surface area contributed by atoms with Gasteiger partial charge in [0, 0.05) is 25.6 Å². The fourth-order valence-corrected chi connectivity index (χ4v) is 4.29. The van der Waals surface area contributed by atoms with E-state index in [1.54, 1.807) is 14.2 Å². The predicted molar refractivity (Wildman–Crippen MR) is 84.9 cm³/mol. The Hall–Kier alpha value is -1.06. The molecule has 0 unspecified atom stereocenters. The van der Waals surface area contributed by atoms with Crippen molar-refractivity contribution in [3.8, 4) is 5.75 Å². The lowest BCUT2D eigenvalue weighted by molar-refractivity contribution is -0.0485. The van der Waals surface area contributed by atoms with Gasteiger partial charge >= 0.3 is 0 Å². The van der Waals surface area contributed by atoms with Crippen molar-refractivity contribution in [2.45, 2.75) is 37.5 Å². The molecule has 1 aromatic carbocycles. The largest absolute Gasteiger partial charge is 0.497 e. The average Bonchev–Trinajstić information content (AvgIpc) is 2.44. The van der Waals surface area contributed by atoms with Crippen molar-refractivity contribution in [2.24, 2.45) is 5.41 Å². The molecule has 0 amide bonds. The highest BCUT2D eigenvalue weighted by atomic mass is 16.5. The topological polar surface area (TPSA) is 30.5 Å². The van der Waals surface area contributed by atoms with Crippen LogP contribution >= 0.6 is 0 Å². The quantitative estimate of drug-likeness (QED) is 0.782. The summed E-state index contributed by atoms with van der Waals surface area (Å²) >= 11 is 0. The van der Waals surface area contributed by atoms with Crippen LogP contribution in [0.2, 0.25) is 0 Å². The Morgan fingerprint density at radius 1 is 1.10 bits per heavy atom. The van der Waals surface area contributed by atoms with Crippen molar-refractivity contribution in [1.82, 2.24) is 5.32 Å². The zero-order valence-corrected chi connectivity index (χ0v) is 13.3. The second-order valence-corrected chi connectivity index (χ2v) is 6.89. The van der Waals surface area contributed by atoms with Gasteiger partial charge in [-0.2, -0.15) is 0 Å². The lowest BCUT2D eigenvalue weighted by atomic mass is 9.43. The van der Waals surface area contributed by atoms with E-state index in [1.807, 2.05) is 0 Å². The molecule has 0 atom stereocenters. The molecule has 3 nitrogen and oxygen atoms in total. The number of hydrogen-bond donors (Lipinski definition) is 1. The SMILES string of the molecule is COCCNCC1(c2ccc(OC)cc2)CC2(CCC2)C1. The number of rotatable bonds is 7.